The van der Waals surface area contributed by atoms with Gasteiger partial charge in [0.05, 0.1) is 17.9 Å². The summed E-state index contributed by atoms with van der Waals surface area (Å²) in [5, 5.41) is 10.0. The number of carboxylic acid groups (broad SMARTS) is 1. The molecule has 0 atom stereocenters. The fourth-order valence-electron chi connectivity index (χ4n) is 2.79. The fourth-order valence-corrected chi connectivity index (χ4v) is 3.99. The number of hydrogen-bond acceptors (Lipinski definition) is 4. The lowest BCUT2D eigenvalue weighted by molar-refractivity contribution is -0.130. The highest BCUT2D eigenvalue weighted by atomic mass is 32.2. The minimum atomic E-state index is -3.06. The Morgan fingerprint density at radius 2 is 1.83 bits per heavy atom. The summed E-state index contributed by atoms with van der Waals surface area (Å²) >= 11 is 0. The zero-order valence-corrected chi connectivity index (χ0v) is 13.1. The van der Waals surface area contributed by atoms with Gasteiger partial charge in [-0.15, -0.1) is 0 Å². The molecule has 0 unspecified atom stereocenters. The van der Waals surface area contributed by atoms with Gasteiger partial charge in [-0.3, -0.25) is 4.79 Å². The van der Waals surface area contributed by atoms with Crippen molar-refractivity contribution in [2.75, 3.05) is 24.6 Å². The van der Waals surface area contributed by atoms with E-state index in [4.69, 9.17) is 0 Å². The first-order chi connectivity index (χ1) is 10.9. The van der Waals surface area contributed by atoms with E-state index in [9.17, 15) is 23.1 Å². The Morgan fingerprint density at radius 1 is 1.17 bits per heavy atom. The van der Waals surface area contributed by atoms with E-state index in [0.717, 1.165) is 0 Å². The molecule has 1 aliphatic heterocycles. The molecule has 0 bridgehead atoms. The van der Waals surface area contributed by atoms with Crippen LogP contribution in [0.2, 0.25) is 0 Å². The van der Waals surface area contributed by atoms with Crippen LogP contribution in [0.5, 0.6) is 0 Å². The molecule has 2 aromatic rings. The summed E-state index contributed by atoms with van der Waals surface area (Å²) in [4.78, 5) is 28.1. The maximum Gasteiger partial charge on any atom is 0.352 e. The lowest BCUT2D eigenvalue weighted by Gasteiger charge is -2.26. The van der Waals surface area contributed by atoms with Crippen molar-refractivity contribution in [1.29, 1.82) is 0 Å². The van der Waals surface area contributed by atoms with Gasteiger partial charge >= 0.3 is 5.97 Å². The largest absolute Gasteiger partial charge is 0.477 e. The molecule has 2 N–H and O–H groups in total. The van der Waals surface area contributed by atoms with Crippen LogP contribution in [0.3, 0.4) is 0 Å². The molecule has 1 amide bonds. The number of aromatic amines is 1. The number of amides is 1. The second-order valence-corrected chi connectivity index (χ2v) is 7.84. The first kappa shape index (κ1) is 15.5. The lowest BCUT2D eigenvalue weighted by Crippen LogP contribution is -2.44. The first-order valence-electron chi connectivity index (χ1n) is 7.18. The summed E-state index contributed by atoms with van der Waals surface area (Å²) in [7, 11) is -3.06. The van der Waals surface area contributed by atoms with Crippen LogP contribution < -0.4 is 0 Å². The number of sulfone groups is 1. The quantitative estimate of drug-likeness (QED) is 0.856. The predicted octanol–water partition coefficient (Wildman–Crippen LogP) is 0.666. The van der Waals surface area contributed by atoms with Crippen molar-refractivity contribution in [3.05, 3.63) is 35.5 Å². The van der Waals surface area contributed by atoms with Gasteiger partial charge in [0.25, 0.3) is 0 Å². The minimum absolute atomic E-state index is 0.00387. The topological polar surface area (TPSA) is 108 Å². The van der Waals surface area contributed by atoms with Crippen LogP contribution in [0.4, 0.5) is 0 Å². The number of nitrogens with zero attached hydrogens (tertiary/aromatic N) is 1. The molecule has 2 heterocycles. The normalized spacial score (nSPS) is 17.3. The van der Waals surface area contributed by atoms with E-state index in [2.05, 4.69) is 4.98 Å². The smallest absolute Gasteiger partial charge is 0.352 e. The van der Waals surface area contributed by atoms with Crippen molar-refractivity contribution in [1.82, 2.24) is 9.88 Å². The minimum Gasteiger partial charge on any atom is -0.477 e. The van der Waals surface area contributed by atoms with Gasteiger partial charge in [-0.05, 0) is 6.07 Å². The van der Waals surface area contributed by atoms with Crippen LogP contribution in [0.15, 0.2) is 24.3 Å². The van der Waals surface area contributed by atoms with Gasteiger partial charge in [0.15, 0.2) is 9.84 Å². The number of aromatic nitrogens is 1. The number of nitrogens with one attached hydrogen (secondary N) is 1. The molecular formula is C15H16N2O5S. The molecule has 23 heavy (non-hydrogen) atoms. The third-order valence-electron chi connectivity index (χ3n) is 4.05. The van der Waals surface area contributed by atoms with Gasteiger partial charge < -0.3 is 15.0 Å². The monoisotopic (exact) mass is 336 g/mol. The number of carboxylic acids is 1. The predicted molar refractivity (Wildman–Crippen MR) is 84.2 cm³/mol. The second kappa shape index (κ2) is 5.69. The Balaban J connectivity index is 1.88. The molecule has 1 aliphatic rings. The third-order valence-corrected chi connectivity index (χ3v) is 5.66. The summed E-state index contributed by atoms with van der Waals surface area (Å²) < 4.78 is 22.9. The molecule has 7 nitrogen and oxygen atoms in total. The van der Waals surface area contributed by atoms with Gasteiger partial charge in [0, 0.05) is 29.6 Å². The number of para-hydroxylation sites is 1. The van der Waals surface area contributed by atoms with Crippen molar-refractivity contribution in [3.63, 3.8) is 0 Å². The molecule has 1 aromatic heterocycles. The Hall–Kier alpha value is -2.35. The van der Waals surface area contributed by atoms with Crippen LogP contribution in [0.1, 0.15) is 16.1 Å². The Kier molecular flexibility index (Phi) is 3.85. The van der Waals surface area contributed by atoms with Crippen LogP contribution in [0.25, 0.3) is 10.9 Å². The number of benzene rings is 1. The Labute approximate surface area is 132 Å². The standard InChI is InChI=1S/C15H16N2O5S/c18-13(17-5-7-23(21,22)8-6-17)9-11-10-3-1-2-4-12(10)16-14(11)15(19)20/h1-4,16H,5-9H2,(H,19,20). The average Bonchev–Trinajstić information content (AvgIpc) is 2.86. The summed E-state index contributed by atoms with van der Waals surface area (Å²) in [6.07, 6.45) is -0.0638. The molecule has 1 fully saturated rings. The second-order valence-electron chi connectivity index (χ2n) is 5.54. The van der Waals surface area contributed by atoms with E-state index in [0.29, 0.717) is 16.5 Å². The third kappa shape index (κ3) is 3.07. The number of H-pyrrole nitrogens is 1. The van der Waals surface area contributed by atoms with Crippen LogP contribution in [-0.4, -0.2) is 59.9 Å². The van der Waals surface area contributed by atoms with E-state index in [-0.39, 0.29) is 42.6 Å². The van der Waals surface area contributed by atoms with Crippen LogP contribution in [0, 0.1) is 0 Å². The van der Waals surface area contributed by atoms with Crippen molar-refractivity contribution in [3.8, 4) is 0 Å². The molecule has 0 spiro atoms. The molecule has 1 aromatic carbocycles. The summed E-state index contributed by atoms with van der Waals surface area (Å²) in [5.74, 6) is -1.46. The Bertz CT molecular complexity index is 870. The van der Waals surface area contributed by atoms with E-state index >= 15 is 0 Å². The number of hydrogen-bond donors (Lipinski definition) is 2. The number of carbonyl (C=O) groups excluding carboxylic acids is 1. The fraction of sp³-hybridized carbons (Fsp3) is 0.333. The van der Waals surface area contributed by atoms with Crippen molar-refractivity contribution in [2.24, 2.45) is 0 Å². The molecule has 122 valence electrons. The first-order valence-corrected chi connectivity index (χ1v) is 9.00. The highest BCUT2D eigenvalue weighted by Gasteiger charge is 2.27. The highest BCUT2D eigenvalue weighted by Crippen LogP contribution is 2.24. The number of rotatable bonds is 3. The van der Waals surface area contributed by atoms with Crippen molar-refractivity contribution in [2.45, 2.75) is 6.42 Å². The number of aromatic carboxylic acids is 1. The van der Waals surface area contributed by atoms with E-state index in [1.165, 1.54) is 4.90 Å². The van der Waals surface area contributed by atoms with Gasteiger partial charge in [0.2, 0.25) is 5.91 Å². The zero-order valence-electron chi connectivity index (χ0n) is 12.3. The van der Waals surface area contributed by atoms with Crippen LogP contribution >= 0.6 is 0 Å². The van der Waals surface area contributed by atoms with Gasteiger partial charge in [0.1, 0.15) is 5.69 Å². The summed E-state index contributed by atoms with van der Waals surface area (Å²) in [6, 6.07) is 7.08. The van der Waals surface area contributed by atoms with Gasteiger partial charge in [-0.25, -0.2) is 13.2 Å². The molecule has 0 aliphatic carbocycles. The summed E-state index contributed by atoms with van der Waals surface area (Å²) in [5.41, 5.74) is 1.10. The molecular weight excluding hydrogens is 320 g/mol. The molecule has 3 rings (SSSR count). The van der Waals surface area contributed by atoms with E-state index in [1.807, 2.05) is 0 Å². The highest BCUT2D eigenvalue weighted by molar-refractivity contribution is 7.91. The Morgan fingerprint density at radius 3 is 2.48 bits per heavy atom. The average molecular weight is 336 g/mol. The molecule has 0 saturated carbocycles. The maximum atomic E-state index is 12.4. The number of fused-ring (bicyclic) bond motifs is 1. The van der Waals surface area contributed by atoms with Crippen LogP contribution in [-0.2, 0) is 21.1 Å². The van der Waals surface area contributed by atoms with Crippen molar-refractivity contribution < 1.29 is 23.1 Å². The van der Waals surface area contributed by atoms with E-state index in [1.54, 1.807) is 24.3 Å². The van der Waals surface area contributed by atoms with E-state index < -0.39 is 15.8 Å². The molecule has 1 saturated heterocycles. The lowest BCUT2D eigenvalue weighted by atomic mass is 10.1. The SMILES string of the molecule is O=C(O)c1[nH]c2ccccc2c1CC(=O)N1CCS(=O)(=O)CC1. The van der Waals surface area contributed by atoms with Crippen molar-refractivity contribution >= 4 is 32.6 Å². The maximum absolute atomic E-state index is 12.4. The number of carbonyl (C=O) groups is 2. The van der Waals surface area contributed by atoms with Gasteiger partial charge in [-0.2, -0.15) is 0 Å². The zero-order chi connectivity index (χ0) is 16.6. The summed E-state index contributed by atoms with van der Waals surface area (Å²) in [6.45, 7) is 0.317. The molecule has 0 radical (unpaired) electrons. The molecule has 8 heteroatoms. The van der Waals surface area contributed by atoms with Gasteiger partial charge in [-0.1, -0.05) is 18.2 Å².